The second-order valence-electron chi connectivity index (χ2n) is 8.23. The van der Waals surface area contributed by atoms with Gasteiger partial charge in [-0.15, -0.1) is 0 Å². The normalized spacial score (nSPS) is 18.4. The fourth-order valence-electron chi connectivity index (χ4n) is 4.77. The number of benzene rings is 1. The first-order chi connectivity index (χ1) is 15.8. The Morgan fingerprint density at radius 2 is 2.09 bits per heavy atom. The van der Waals surface area contributed by atoms with Gasteiger partial charge >= 0.3 is 0 Å². The molecule has 2 aliphatic heterocycles. The molecule has 0 radical (unpaired) electrons. The summed E-state index contributed by atoms with van der Waals surface area (Å²) in [5.41, 5.74) is 7.30. The summed E-state index contributed by atoms with van der Waals surface area (Å²) in [6, 6.07) is 3.67. The molecular formula is C23H27BrClN5O3. The fourth-order valence-corrected chi connectivity index (χ4v) is 5.32. The summed E-state index contributed by atoms with van der Waals surface area (Å²) in [4.78, 5) is 26.3. The van der Waals surface area contributed by atoms with Crippen molar-refractivity contribution in [1.82, 2.24) is 14.7 Å². The van der Waals surface area contributed by atoms with E-state index in [4.69, 9.17) is 27.2 Å². The van der Waals surface area contributed by atoms with Crippen LogP contribution in [-0.4, -0.2) is 52.7 Å². The predicted octanol–water partition coefficient (Wildman–Crippen LogP) is 4.24. The Kier molecular flexibility index (Phi) is 6.99. The number of carbonyl (C=O) groups is 2. The molecule has 1 aromatic carbocycles. The highest BCUT2D eigenvalue weighted by molar-refractivity contribution is 9.10. The van der Waals surface area contributed by atoms with E-state index in [9.17, 15) is 9.59 Å². The molecule has 4 rings (SSSR count). The van der Waals surface area contributed by atoms with Gasteiger partial charge in [-0.05, 0) is 66.2 Å². The Morgan fingerprint density at radius 1 is 1.36 bits per heavy atom. The molecular weight excluding hydrogens is 510 g/mol. The van der Waals surface area contributed by atoms with E-state index in [1.54, 1.807) is 6.07 Å². The fraction of sp³-hybridized carbons (Fsp3) is 0.435. The summed E-state index contributed by atoms with van der Waals surface area (Å²) in [5.74, 6) is 0.957. The van der Waals surface area contributed by atoms with Crippen LogP contribution in [0.25, 0.3) is 11.3 Å². The van der Waals surface area contributed by atoms with Crippen LogP contribution in [-0.2, 0) is 4.79 Å². The van der Waals surface area contributed by atoms with Crippen molar-refractivity contribution in [1.29, 1.82) is 0 Å². The van der Waals surface area contributed by atoms with Crippen molar-refractivity contribution in [2.75, 3.05) is 31.6 Å². The number of nitrogens with two attached hydrogens (primary N) is 1. The average Bonchev–Trinajstić information content (AvgIpc) is 3.21. The van der Waals surface area contributed by atoms with E-state index in [0.29, 0.717) is 70.0 Å². The molecule has 2 aliphatic rings. The molecule has 1 atom stereocenters. The number of likely N-dealkylation sites (tertiary alicyclic amines) is 1. The van der Waals surface area contributed by atoms with Gasteiger partial charge in [0.15, 0.2) is 0 Å². The maximum Gasteiger partial charge on any atom is 0.254 e. The number of nitrogens with zero attached hydrogens (tertiary/aromatic N) is 3. The molecule has 0 bridgehead atoms. The first-order valence-electron chi connectivity index (χ1n) is 11.0. The summed E-state index contributed by atoms with van der Waals surface area (Å²) >= 11 is 9.89. The SMILES string of the molecule is C=CC(=O)N1CCC(C2CCNc3c(C(N)=O)c(-c4cc(Cl)c(Br)c(OCC)c4)nn32)CC1. The highest BCUT2D eigenvalue weighted by Crippen LogP contribution is 2.42. The number of primary amides is 1. The van der Waals surface area contributed by atoms with E-state index >= 15 is 0 Å². The van der Waals surface area contributed by atoms with Crippen LogP contribution in [0.3, 0.4) is 0 Å². The Labute approximate surface area is 206 Å². The van der Waals surface area contributed by atoms with Crippen LogP contribution in [0.4, 0.5) is 5.82 Å². The quantitative estimate of drug-likeness (QED) is 0.538. The number of ether oxygens (including phenoxy) is 1. The number of nitrogens with one attached hydrogen (secondary N) is 1. The summed E-state index contributed by atoms with van der Waals surface area (Å²) in [6.07, 6.45) is 3.96. The summed E-state index contributed by atoms with van der Waals surface area (Å²) in [7, 11) is 0. The lowest BCUT2D eigenvalue weighted by molar-refractivity contribution is -0.127. The molecule has 3 heterocycles. The van der Waals surface area contributed by atoms with Crippen LogP contribution in [0, 0.1) is 5.92 Å². The van der Waals surface area contributed by atoms with Crippen LogP contribution in [0.2, 0.25) is 5.02 Å². The third-order valence-electron chi connectivity index (χ3n) is 6.34. The Balaban J connectivity index is 1.72. The minimum Gasteiger partial charge on any atom is -0.493 e. The number of amides is 2. The van der Waals surface area contributed by atoms with Crippen LogP contribution in [0.15, 0.2) is 29.3 Å². The maximum absolute atomic E-state index is 12.5. The molecule has 10 heteroatoms. The monoisotopic (exact) mass is 535 g/mol. The Hall–Kier alpha value is -2.52. The van der Waals surface area contributed by atoms with Crippen molar-refractivity contribution >= 4 is 45.2 Å². The molecule has 1 fully saturated rings. The molecule has 0 spiro atoms. The number of anilines is 1. The van der Waals surface area contributed by atoms with Crippen LogP contribution in [0.1, 0.15) is 42.6 Å². The van der Waals surface area contributed by atoms with Gasteiger partial charge in [-0.3, -0.25) is 9.59 Å². The van der Waals surface area contributed by atoms with E-state index in [0.717, 1.165) is 19.3 Å². The molecule has 2 amide bonds. The first kappa shape index (κ1) is 23.6. The van der Waals surface area contributed by atoms with E-state index in [1.807, 2.05) is 22.6 Å². The van der Waals surface area contributed by atoms with Crippen molar-refractivity contribution in [2.24, 2.45) is 11.7 Å². The second kappa shape index (κ2) is 9.77. The van der Waals surface area contributed by atoms with Gasteiger partial charge in [-0.25, -0.2) is 4.68 Å². The lowest BCUT2D eigenvalue weighted by Crippen LogP contribution is -2.41. The minimum atomic E-state index is -0.553. The minimum absolute atomic E-state index is 0.0333. The average molecular weight is 537 g/mol. The molecule has 8 nitrogen and oxygen atoms in total. The maximum atomic E-state index is 12.5. The van der Waals surface area contributed by atoms with Crippen LogP contribution < -0.4 is 15.8 Å². The predicted molar refractivity (Wildman–Crippen MR) is 132 cm³/mol. The van der Waals surface area contributed by atoms with Crippen molar-refractivity contribution < 1.29 is 14.3 Å². The molecule has 2 aromatic rings. The van der Waals surface area contributed by atoms with Gasteiger partial charge in [-0.1, -0.05) is 18.2 Å². The van der Waals surface area contributed by atoms with Crippen LogP contribution >= 0.6 is 27.5 Å². The molecule has 1 aromatic heterocycles. The Morgan fingerprint density at radius 3 is 2.73 bits per heavy atom. The molecule has 1 saturated heterocycles. The zero-order chi connectivity index (χ0) is 23.7. The van der Waals surface area contributed by atoms with Gasteiger partial charge in [0.25, 0.3) is 5.91 Å². The smallest absolute Gasteiger partial charge is 0.254 e. The molecule has 0 saturated carbocycles. The molecule has 176 valence electrons. The van der Waals surface area contributed by atoms with Crippen molar-refractivity contribution in [3.63, 3.8) is 0 Å². The van der Waals surface area contributed by atoms with Gasteiger partial charge < -0.3 is 20.7 Å². The van der Waals surface area contributed by atoms with Gasteiger partial charge in [0.2, 0.25) is 5.91 Å². The summed E-state index contributed by atoms with van der Waals surface area (Å²) in [6.45, 7) is 8.03. The first-order valence-corrected chi connectivity index (χ1v) is 12.2. The zero-order valence-electron chi connectivity index (χ0n) is 18.4. The van der Waals surface area contributed by atoms with E-state index in [2.05, 4.69) is 27.8 Å². The van der Waals surface area contributed by atoms with Gasteiger partial charge in [0.05, 0.1) is 22.1 Å². The third kappa shape index (κ3) is 4.48. The largest absolute Gasteiger partial charge is 0.493 e. The third-order valence-corrected chi connectivity index (χ3v) is 7.69. The highest BCUT2D eigenvalue weighted by Gasteiger charge is 2.36. The highest BCUT2D eigenvalue weighted by atomic mass is 79.9. The molecule has 1 unspecified atom stereocenters. The number of aromatic nitrogens is 2. The molecule has 3 N–H and O–H groups in total. The van der Waals surface area contributed by atoms with Gasteiger partial charge in [0.1, 0.15) is 22.8 Å². The van der Waals surface area contributed by atoms with E-state index < -0.39 is 5.91 Å². The lowest BCUT2D eigenvalue weighted by atomic mass is 9.87. The summed E-state index contributed by atoms with van der Waals surface area (Å²) in [5, 5.41) is 8.65. The van der Waals surface area contributed by atoms with Crippen molar-refractivity contribution in [3.8, 4) is 17.0 Å². The van der Waals surface area contributed by atoms with E-state index in [-0.39, 0.29) is 11.9 Å². The second-order valence-corrected chi connectivity index (χ2v) is 9.43. The number of rotatable bonds is 6. The number of halogens is 2. The molecule has 0 aliphatic carbocycles. The standard InChI is InChI=1S/C23H27BrClN5O3/c1-3-18(31)29-9-6-13(7-10-29)16-5-8-27-23-19(22(26)32)21(28-30(16)23)14-11-15(25)20(24)17(12-14)33-4-2/h3,11-13,16,27H,1,4-10H2,2H3,(H2,26,32). The number of hydrogen-bond donors (Lipinski definition) is 2. The molecule has 33 heavy (non-hydrogen) atoms. The Bertz CT molecular complexity index is 1090. The summed E-state index contributed by atoms with van der Waals surface area (Å²) < 4.78 is 8.26. The van der Waals surface area contributed by atoms with Crippen molar-refractivity contribution in [2.45, 2.75) is 32.2 Å². The zero-order valence-corrected chi connectivity index (χ0v) is 20.8. The lowest BCUT2D eigenvalue weighted by Gasteiger charge is -2.38. The van der Waals surface area contributed by atoms with Gasteiger partial charge in [0, 0.05) is 25.2 Å². The van der Waals surface area contributed by atoms with E-state index in [1.165, 1.54) is 6.08 Å². The number of fused-ring (bicyclic) bond motifs is 1. The number of piperidine rings is 1. The number of hydrogen-bond acceptors (Lipinski definition) is 5. The van der Waals surface area contributed by atoms with Crippen molar-refractivity contribution in [3.05, 3.63) is 39.8 Å². The number of carbonyl (C=O) groups excluding carboxylic acids is 2. The van der Waals surface area contributed by atoms with Gasteiger partial charge in [-0.2, -0.15) is 5.10 Å². The van der Waals surface area contributed by atoms with Crippen LogP contribution in [0.5, 0.6) is 5.75 Å². The topological polar surface area (TPSA) is 102 Å².